The summed E-state index contributed by atoms with van der Waals surface area (Å²) in [7, 11) is 0. The van der Waals surface area contributed by atoms with Crippen molar-refractivity contribution in [2.24, 2.45) is 0 Å². The number of epoxide rings is 1. The number of unbranched alkanes of at least 4 members (excludes halogenated alkanes) is 3. The lowest BCUT2D eigenvalue weighted by Gasteiger charge is -2.02. The van der Waals surface area contributed by atoms with Crippen LogP contribution in [0.15, 0.2) is 0 Å². The third kappa shape index (κ3) is 5.56. The predicted molar refractivity (Wildman–Crippen MR) is 49.1 cm³/mol. The molecule has 0 aromatic carbocycles. The van der Waals surface area contributed by atoms with E-state index in [4.69, 9.17) is 9.84 Å². The number of aliphatic hydroxyl groups is 1. The van der Waals surface area contributed by atoms with Crippen molar-refractivity contribution in [3.8, 4) is 0 Å². The van der Waals surface area contributed by atoms with Crippen molar-refractivity contribution >= 4 is 0 Å². The van der Waals surface area contributed by atoms with Gasteiger partial charge in [-0.25, -0.2) is 0 Å². The third-order valence-electron chi connectivity index (χ3n) is 2.30. The highest BCUT2D eigenvalue weighted by Gasteiger charge is 2.20. The van der Waals surface area contributed by atoms with E-state index in [1.807, 2.05) is 6.92 Å². The van der Waals surface area contributed by atoms with E-state index in [1.165, 1.54) is 32.1 Å². The van der Waals surface area contributed by atoms with Crippen molar-refractivity contribution in [2.45, 2.75) is 57.7 Å². The molecule has 1 N–H and O–H groups in total. The normalized spacial score (nSPS) is 24.0. The topological polar surface area (TPSA) is 32.8 Å². The third-order valence-corrected chi connectivity index (χ3v) is 2.30. The molecule has 2 heteroatoms. The molecular weight excluding hydrogens is 152 g/mol. The van der Waals surface area contributed by atoms with Crippen molar-refractivity contribution in [1.82, 2.24) is 0 Å². The SMILES string of the molecule is C[C@@H](O)CCCCCC[C@H]1CO1. The average Bonchev–Trinajstić information content (AvgIpc) is 2.79. The first kappa shape index (κ1) is 10.0. The summed E-state index contributed by atoms with van der Waals surface area (Å²) >= 11 is 0. The molecule has 0 aliphatic carbocycles. The molecule has 1 heterocycles. The number of hydrogen-bond acceptors (Lipinski definition) is 2. The largest absolute Gasteiger partial charge is 0.393 e. The van der Waals surface area contributed by atoms with Crippen molar-refractivity contribution in [2.75, 3.05) is 6.61 Å². The van der Waals surface area contributed by atoms with Crippen LogP contribution in [0.5, 0.6) is 0 Å². The Morgan fingerprint density at radius 3 is 2.58 bits per heavy atom. The average molecular weight is 172 g/mol. The van der Waals surface area contributed by atoms with Crippen LogP contribution in [0.3, 0.4) is 0 Å². The second-order valence-electron chi connectivity index (χ2n) is 3.80. The molecule has 0 bridgehead atoms. The Morgan fingerprint density at radius 1 is 1.33 bits per heavy atom. The maximum Gasteiger partial charge on any atom is 0.0810 e. The lowest BCUT2D eigenvalue weighted by atomic mass is 10.1. The molecule has 1 rings (SSSR count). The highest BCUT2D eigenvalue weighted by Crippen LogP contribution is 2.17. The van der Waals surface area contributed by atoms with Crippen molar-refractivity contribution in [3.63, 3.8) is 0 Å². The number of aliphatic hydroxyl groups excluding tert-OH is 1. The minimum atomic E-state index is -0.114. The van der Waals surface area contributed by atoms with Gasteiger partial charge in [-0.2, -0.15) is 0 Å². The van der Waals surface area contributed by atoms with Crippen LogP contribution in [-0.2, 0) is 4.74 Å². The highest BCUT2D eigenvalue weighted by molar-refractivity contribution is 4.68. The Morgan fingerprint density at radius 2 is 2.00 bits per heavy atom. The van der Waals surface area contributed by atoms with Crippen LogP contribution in [0.1, 0.15) is 45.4 Å². The van der Waals surface area contributed by atoms with Crippen LogP contribution in [0.25, 0.3) is 0 Å². The Hall–Kier alpha value is -0.0800. The zero-order valence-corrected chi connectivity index (χ0v) is 7.96. The van der Waals surface area contributed by atoms with E-state index in [9.17, 15) is 0 Å². The minimum Gasteiger partial charge on any atom is -0.393 e. The second kappa shape index (κ2) is 5.55. The van der Waals surface area contributed by atoms with Gasteiger partial charge in [0.05, 0.1) is 18.8 Å². The molecule has 0 unspecified atom stereocenters. The monoisotopic (exact) mass is 172 g/mol. The van der Waals surface area contributed by atoms with Crippen LogP contribution >= 0.6 is 0 Å². The van der Waals surface area contributed by atoms with Gasteiger partial charge in [0.2, 0.25) is 0 Å². The number of rotatable bonds is 7. The van der Waals surface area contributed by atoms with E-state index >= 15 is 0 Å². The molecule has 1 fully saturated rings. The zero-order chi connectivity index (χ0) is 8.81. The van der Waals surface area contributed by atoms with Crippen LogP contribution in [0, 0.1) is 0 Å². The molecule has 1 aliphatic heterocycles. The van der Waals surface area contributed by atoms with E-state index in [1.54, 1.807) is 0 Å². The van der Waals surface area contributed by atoms with E-state index in [0.717, 1.165) is 13.0 Å². The van der Waals surface area contributed by atoms with Gasteiger partial charge < -0.3 is 9.84 Å². The predicted octanol–water partition coefficient (Wildman–Crippen LogP) is 2.11. The molecule has 0 amide bonds. The Kier molecular flexibility index (Phi) is 4.62. The van der Waals surface area contributed by atoms with Gasteiger partial charge in [0, 0.05) is 0 Å². The number of hydrogen-bond donors (Lipinski definition) is 1. The van der Waals surface area contributed by atoms with Crippen LogP contribution in [0.4, 0.5) is 0 Å². The first-order chi connectivity index (χ1) is 5.79. The van der Waals surface area contributed by atoms with Crippen molar-refractivity contribution in [1.29, 1.82) is 0 Å². The zero-order valence-electron chi connectivity index (χ0n) is 7.96. The molecule has 1 aliphatic rings. The van der Waals surface area contributed by atoms with Gasteiger partial charge in [0.15, 0.2) is 0 Å². The lowest BCUT2D eigenvalue weighted by molar-refractivity contribution is 0.180. The van der Waals surface area contributed by atoms with Crippen molar-refractivity contribution in [3.05, 3.63) is 0 Å². The van der Waals surface area contributed by atoms with Gasteiger partial charge in [-0.15, -0.1) is 0 Å². The maximum absolute atomic E-state index is 8.99. The summed E-state index contributed by atoms with van der Waals surface area (Å²) in [5.41, 5.74) is 0. The van der Waals surface area contributed by atoms with Gasteiger partial charge >= 0.3 is 0 Å². The van der Waals surface area contributed by atoms with E-state index in [0.29, 0.717) is 6.10 Å². The first-order valence-corrected chi connectivity index (χ1v) is 5.08. The molecule has 0 aromatic heterocycles. The summed E-state index contributed by atoms with van der Waals surface area (Å²) in [5.74, 6) is 0. The van der Waals surface area contributed by atoms with Gasteiger partial charge in [0.1, 0.15) is 0 Å². The highest BCUT2D eigenvalue weighted by atomic mass is 16.6. The summed E-state index contributed by atoms with van der Waals surface area (Å²) in [6.45, 7) is 2.85. The fourth-order valence-electron chi connectivity index (χ4n) is 1.40. The summed E-state index contributed by atoms with van der Waals surface area (Å²) in [6.07, 6.45) is 7.71. The molecule has 1 saturated heterocycles. The van der Waals surface area contributed by atoms with E-state index in [-0.39, 0.29) is 6.10 Å². The van der Waals surface area contributed by atoms with Crippen LogP contribution in [0.2, 0.25) is 0 Å². The Balaban J connectivity index is 1.70. The minimum absolute atomic E-state index is 0.114. The lowest BCUT2D eigenvalue weighted by Crippen LogP contribution is -1.98. The quantitative estimate of drug-likeness (QED) is 0.471. The Bertz CT molecular complexity index is 102. The molecule has 0 aromatic rings. The van der Waals surface area contributed by atoms with Crippen LogP contribution in [-0.4, -0.2) is 23.9 Å². The molecule has 0 saturated carbocycles. The fourth-order valence-corrected chi connectivity index (χ4v) is 1.40. The van der Waals surface area contributed by atoms with Crippen molar-refractivity contribution < 1.29 is 9.84 Å². The summed E-state index contributed by atoms with van der Waals surface area (Å²) in [6, 6.07) is 0. The molecule has 2 nitrogen and oxygen atoms in total. The van der Waals surface area contributed by atoms with Gasteiger partial charge in [-0.05, 0) is 19.8 Å². The van der Waals surface area contributed by atoms with Gasteiger partial charge in [-0.3, -0.25) is 0 Å². The second-order valence-corrected chi connectivity index (χ2v) is 3.80. The van der Waals surface area contributed by atoms with Gasteiger partial charge in [-0.1, -0.05) is 25.7 Å². The number of ether oxygens (including phenoxy) is 1. The maximum atomic E-state index is 8.99. The first-order valence-electron chi connectivity index (χ1n) is 5.08. The van der Waals surface area contributed by atoms with Crippen LogP contribution < -0.4 is 0 Å². The summed E-state index contributed by atoms with van der Waals surface area (Å²) < 4.78 is 5.11. The molecule has 72 valence electrons. The fraction of sp³-hybridized carbons (Fsp3) is 1.00. The van der Waals surface area contributed by atoms with Gasteiger partial charge in [0.25, 0.3) is 0 Å². The standard InChI is InChI=1S/C10H20O2/c1-9(11)6-4-2-3-5-7-10-8-12-10/h9-11H,2-8H2,1H3/t9-,10+/m1/s1. The smallest absolute Gasteiger partial charge is 0.0810 e. The molecule has 0 spiro atoms. The molecule has 2 atom stereocenters. The molecule has 12 heavy (non-hydrogen) atoms. The summed E-state index contributed by atoms with van der Waals surface area (Å²) in [5, 5.41) is 8.99. The summed E-state index contributed by atoms with van der Waals surface area (Å²) in [4.78, 5) is 0. The Labute approximate surface area is 74.9 Å². The van der Waals surface area contributed by atoms with E-state index in [2.05, 4.69) is 0 Å². The van der Waals surface area contributed by atoms with E-state index < -0.39 is 0 Å². The molecular formula is C10H20O2. The molecule has 0 radical (unpaired) electrons.